The number of hydrogen-bond acceptors (Lipinski definition) is 4. The van der Waals surface area contributed by atoms with E-state index in [1.807, 2.05) is 0 Å². The highest BCUT2D eigenvalue weighted by atomic mass is 79.9. The molecule has 0 aromatic rings. The first-order chi connectivity index (χ1) is 10.5. The Morgan fingerprint density at radius 3 is 2.50 bits per heavy atom. The van der Waals surface area contributed by atoms with Crippen LogP contribution in [0.4, 0.5) is 0 Å². The molecule has 2 unspecified atom stereocenters. The lowest BCUT2D eigenvalue weighted by Gasteiger charge is -2.22. The summed E-state index contributed by atoms with van der Waals surface area (Å²) in [6.45, 7) is 2.84. The average molecular weight is 379 g/mol. The summed E-state index contributed by atoms with van der Waals surface area (Å²) < 4.78 is 9.74. The number of unbranched alkanes of at least 4 members (excludes halogenated alkanes) is 4. The first-order valence-corrected chi connectivity index (χ1v) is 8.92. The Hall–Kier alpha value is -0.460. The van der Waals surface area contributed by atoms with Gasteiger partial charge < -0.3 is 14.6 Å². The lowest BCUT2D eigenvalue weighted by Crippen LogP contribution is -2.39. The van der Waals surface area contributed by atoms with Gasteiger partial charge in [-0.3, -0.25) is 9.59 Å². The highest BCUT2D eigenvalue weighted by Gasteiger charge is 2.39. The van der Waals surface area contributed by atoms with Gasteiger partial charge in [-0.2, -0.15) is 0 Å². The summed E-state index contributed by atoms with van der Waals surface area (Å²) >= 11 is 3.07. The van der Waals surface area contributed by atoms with Crippen molar-refractivity contribution in [2.75, 3.05) is 13.2 Å². The van der Waals surface area contributed by atoms with Crippen LogP contribution in [0.25, 0.3) is 0 Å². The summed E-state index contributed by atoms with van der Waals surface area (Å²) in [5.41, 5.74) is 0. The van der Waals surface area contributed by atoms with Gasteiger partial charge in [-0.15, -0.1) is 0 Å². The Kier molecular flexibility index (Phi) is 9.21. The number of carbonyl (C=O) groups is 2. The van der Waals surface area contributed by atoms with Crippen molar-refractivity contribution in [3.05, 3.63) is 0 Å². The summed E-state index contributed by atoms with van der Waals surface area (Å²) in [5, 5.41) is 9.10. The van der Waals surface area contributed by atoms with Crippen molar-refractivity contribution in [1.29, 1.82) is 0 Å². The zero-order valence-corrected chi connectivity index (χ0v) is 14.9. The van der Waals surface area contributed by atoms with E-state index in [-0.39, 0.29) is 12.1 Å². The fraction of sp³-hybridized carbons (Fsp3) is 0.875. The monoisotopic (exact) mass is 378 g/mol. The Morgan fingerprint density at radius 1 is 1.23 bits per heavy atom. The smallest absolute Gasteiger partial charge is 0.328 e. The minimum atomic E-state index is -1.41. The van der Waals surface area contributed by atoms with E-state index in [0.717, 1.165) is 58.2 Å². The molecule has 22 heavy (non-hydrogen) atoms. The third-order valence-electron chi connectivity index (χ3n) is 4.00. The van der Waals surface area contributed by atoms with Crippen molar-refractivity contribution < 1.29 is 24.2 Å². The van der Waals surface area contributed by atoms with E-state index in [1.54, 1.807) is 0 Å². The van der Waals surface area contributed by atoms with Crippen LogP contribution in [0, 0.1) is 0 Å². The third-order valence-corrected chi connectivity index (χ3v) is 5.30. The maximum Gasteiger partial charge on any atom is 0.328 e. The number of carboxylic acid groups (broad SMARTS) is 1. The summed E-state index contributed by atoms with van der Waals surface area (Å²) in [4.78, 5) is 22.5. The zero-order chi connectivity index (χ0) is 16.4. The van der Waals surface area contributed by atoms with Gasteiger partial charge in [0, 0.05) is 13.2 Å². The molecular weight excluding hydrogens is 352 g/mol. The number of aliphatic carboxylic acids is 1. The van der Waals surface area contributed by atoms with E-state index in [0.29, 0.717) is 6.42 Å². The van der Waals surface area contributed by atoms with Gasteiger partial charge in [0.15, 0.2) is 16.4 Å². The molecule has 0 spiro atoms. The molecule has 0 saturated carbocycles. The fourth-order valence-electron chi connectivity index (χ4n) is 2.49. The van der Waals surface area contributed by atoms with Crippen molar-refractivity contribution in [2.45, 2.75) is 75.3 Å². The van der Waals surface area contributed by atoms with Crippen LogP contribution in [0.3, 0.4) is 0 Å². The molecule has 5 nitrogen and oxygen atoms in total. The molecule has 0 radical (unpaired) electrons. The Labute approximate surface area is 140 Å². The molecule has 0 aliphatic carbocycles. The van der Waals surface area contributed by atoms with Crippen molar-refractivity contribution in [2.24, 2.45) is 0 Å². The molecule has 0 bridgehead atoms. The number of carbonyl (C=O) groups excluding carboxylic acids is 1. The van der Waals surface area contributed by atoms with Crippen LogP contribution in [0.2, 0.25) is 0 Å². The second-order valence-electron chi connectivity index (χ2n) is 5.85. The van der Waals surface area contributed by atoms with Gasteiger partial charge in [-0.05, 0) is 39.0 Å². The molecule has 1 aliphatic rings. The lowest BCUT2D eigenvalue weighted by atomic mass is 9.97. The van der Waals surface area contributed by atoms with Crippen LogP contribution in [0.1, 0.15) is 64.7 Å². The Bertz CT molecular complexity index is 338. The third kappa shape index (κ3) is 6.75. The average Bonchev–Trinajstić information content (AvgIpc) is 2.50. The summed E-state index contributed by atoms with van der Waals surface area (Å²) in [7, 11) is 0. The quantitative estimate of drug-likeness (QED) is 0.337. The predicted octanol–water partition coefficient (Wildman–Crippen LogP) is 3.68. The molecule has 128 valence electrons. The number of hydrogen-bond donors (Lipinski definition) is 1. The summed E-state index contributed by atoms with van der Waals surface area (Å²) in [5.74, 6) is -1.44. The van der Waals surface area contributed by atoms with Crippen molar-refractivity contribution in [3.8, 4) is 0 Å². The van der Waals surface area contributed by atoms with Crippen LogP contribution in [0.5, 0.6) is 0 Å². The van der Waals surface area contributed by atoms with Gasteiger partial charge in [0.05, 0.1) is 0 Å². The first-order valence-electron chi connectivity index (χ1n) is 8.13. The molecule has 1 rings (SSSR count). The van der Waals surface area contributed by atoms with Crippen LogP contribution >= 0.6 is 15.9 Å². The van der Waals surface area contributed by atoms with Gasteiger partial charge in [-0.25, -0.2) is 0 Å². The molecular formula is C16H27BrO5. The molecule has 0 aromatic carbocycles. The van der Waals surface area contributed by atoms with Crippen LogP contribution in [0.15, 0.2) is 0 Å². The van der Waals surface area contributed by atoms with E-state index in [4.69, 9.17) is 14.6 Å². The number of carboxylic acids is 1. The standard InChI is InChI=1S/C16H27BrO5/c1-13(18)16(17,15(19)20)10-6-3-2-4-7-11-21-14-9-5-8-12-22-14/h14H,2-12H2,1H3,(H,19,20). The van der Waals surface area contributed by atoms with Gasteiger partial charge in [0.25, 0.3) is 0 Å². The van der Waals surface area contributed by atoms with Gasteiger partial charge in [0.1, 0.15) is 0 Å². The van der Waals surface area contributed by atoms with E-state index >= 15 is 0 Å². The zero-order valence-electron chi connectivity index (χ0n) is 13.3. The number of Topliss-reactive ketones (excluding diaryl/α,β-unsaturated/α-hetero) is 1. The molecule has 0 aromatic heterocycles. The number of alkyl halides is 1. The molecule has 1 saturated heterocycles. The first kappa shape index (κ1) is 19.6. The number of rotatable bonds is 11. The molecule has 1 aliphatic heterocycles. The van der Waals surface area contributed by atoms with Crippen molar-refractivity contribution in [3.63, 3.8) is 0 Å². The van der Waals surface area contributed by atoms with Crippen molar-refractivity contribution >= 4 is 27.7 Å². The number of ether oxygens (including phenoxy) is 2. The van der Waals surface area contributed by atoms with Gasteiger partial charge >= 0.3 is 5.97 Å². The van der Waals surface area contributed by atoms with Crippen LogP contribution in [-0.4, -0.2) is 40.7 Å². The highest BCUT2D eigenvalue weighted by Crippen LogP contribution is 2.27. The van der Waals surface area contributed by atoms with E-state index in [9.17, 15) is 9.59 Å². The van der Waals surface area contributed by atoms with E-state index in [1.165, 1.54) is 13.3 Å². The molecule has 6 heteroatoms. The molecule has 1 fully saturated rings. The van der Waals surface area contributed by atoms with Crippen molar-refractivity contribution in [1.82, 2.24) is 0 Å². The number of halogens is 1. The van der Waals surface area contributed by atoms with Gasteiger partial charge in [-0.1, -0.05) is 41.6 Å². The van der Waals surface area contributed by atoms with E-state index < -0.39 is 10.3 Å². The van der Waals surface area contributed by atoms with Crippen LogP contribution in [-0.2, 0) is 19.1 Å². The predicted molar refractivity (Wildman–Crippen MR) is 87.2 cm³/mol. The minimum absolute atomic E-state index is 0.0195. The maximum absolute atomic E-state index is 11.4. The molecule has 1 N–H and O–H groups in total. The summed E-state index contributed by atoms with van der Waals surface area (Å²) in [6.07, 6.45) is 8.34. The topological polar surface area (TPSA) is 72.8 Å². The normalized spacial score (nSPS) is 21.3. The second kappa shape index (κ2) is 10.3. The second-order valence-corrected chi connectivity index (χ2v) is 7.20. The SMILES string of the molecule is CC(=O)C(Br)(CCCCCCCOC1CCCCO1)C(=O)O. The lowest BCUT2D eigenvalue weighted by molar-refractivity contribution is -0.162. The van der Waals surface area contributed by atoms with E-state index in [2.05, 4.69) is 15.9 Å². The minimum Gasteiger partial charge on any atom is -0.480 e. The molecule has 1 heterocycles. The van der Waals surface area contributed by atoms with Gasteiger partial charge in [0.2, 0.25) is 0 Å². The number of ketones is 1. The Balaban J connectivity index is 2.01. The summed E-state index contributed by atoms with van der Waals surface area (Å²) in [6, 6.07) is 0. The van der Waals surface area contributed by atoms with Crippen LogP contribution < -0.4 is 0 Å². The maximum atomic E-state index is 11.4. The fourth-order valence-corrected chi connectivity index (χ4v) is 2.77. The molecule has 0 amide bonds. The molecule has 2 atom stereocenters. The highest BCUT2D eigenvalue weighted by molar-refractivity contribution is 9.10. The largest absolute Gasteiger partial charge is 0.480 e. The Morgan fingerprint density at radius 2 is 1.91 bits per heavy atom.